The van der Waals surface area contributed by atoms with E-state index >= 15 is 0 Å². The number of pyridine rings is 1. The van der Waals surface area contributed by atoms with Crippen molar-refractivity contribution in [2.24, 2.45) is 0 Å². The van der Waals surface area contributed by atoms with Gasteiger partial charge in [-0.15, -0.1) is 0 Å². The lowest BCUT2D eigenvalue weighted by Crippen LogP contribution is -2.46. The number of hydrogen-bond acceptors (Lipinski definition) is 5. The van der Waals surface area contributed by atoms with Crippen LogP contribution in [0.2, 0.25) is 0 Å². The number of aromatic nitrogens is 1. The molecule has 0 spiro atoms. The lowest BCUT2D eigenvalue weighted by atomic mass is 10.2. The van der Waals surface area contributed by atoms with Crippen molar-refractivity contribution in [1.29, 1.82) is 0 Å². The molecule has 0 aliphatic carbocycles. The molecule has 2 aromatic rings. The summed E-state index contributed by atoms with van der Waals surface area (Å²) in [6.45, 7) is 5.45. The average molecular weight is 415 g/mol. The van der Waals surface area contributed by atoms with E-state index in [9.17, 15) is 9.18 Å². The van der Waals surface area contributed by atoms with Crippen LogP contribution in [0.25, 0.3) is 0 Å². The fraction of sp³-hybridized carbons (Fsp3) is 0.455. The van der Waals surface area contributed by atoms with Crippen LogP contribution in [0.3, 0.4) is 0 Å². The number of carbonyl (C=O) groups is 1. The van der Waals surface area contributed by atoms with Crippen LogP contribution < -0.4 is 20.4 Å². The molecular weight excluding hydrogens is 383 g/mol. The van der Waals surface area contributed by atoms with E-state index in [4.69, 9.17) is 0 Å². The van der Waals surface area contributed by atoms with Crippen molar-refractivity contribution in [2.45, 2.75) is 13.0 Å². The number of halogens is 1. The minimum absolute atomic E-state index is 0.153. The topological polar surface area (TPSA) is 63.7 Å². The van der Waals surface area contributed by atoms with E-state index in [1.165, 1.54) is 12.1 Å². The van der Waals surface area contributed by atoms with Gasteiger partial charge in [0.2, 0.25) is 0 Å². The zero-order valence-electron chi connectivity index (χ0n) is 17.8. The maximum Gasteiger partial charge on any atom is 0.315 e. The molecule has 0 saturated carbocycles. The van der Waals surface area contributed by atoms with Crippen molar-refractivity contribution in [3.63, 3.8) is 0 Å². The minimum atomic E-state index is -0.214. The first-order valence-corrected chi connectivity index (χ1v) is 10.4. The summed E-state index contributed by atoms with van der Waals surface area (Å²) in [5.41, 5.74) is 2.06. The van der Waals surface area contributed by atoms with Gasteiger partial charge in [0.1, 0.15) is 11.6 Å². The van der Waals surface area contributed by atoms with Crippen LogP contribution in [-0.2, 0) is 6.54 Å². The van der Waals surface area contributed by atoms with Crippen molar-refractivity contribution < 1.29 is 9.18 Å². The number of nitrogens with zero attached hydrogens (tertiary/aromatic N) is 4. The molecule has 162 valence electrons. The first-order valence-electron chi connectivity index (χ1n) is 10.4. The Bertz CT molecular complexity index is 806. The first kappa shape index (κ1) is 21.8. The van der Waals surface area contributed by atoms with Crippen molar-refractivity contribution >= 4 is 17.5 Å². The SMILES string of the molecule is CN(C)CCCNC(=O)NCc1ccnc(N2CCN(c3ccc(F)cc3)CC2)c1. The Kier molecular flexibility index (Phi) is 7.84. The van der Waals surface area contributed by atoms with Gasteiger partial charge in [0.25, 0.3) is 0 Å². The number of urea groups is 1. The molecule has 0 atom stereocenters. The fourth-order valence-corrected chi connectivity index (χ4v) is 3.43. The van der Waals surface area contributed by atoms with Gasteiger partial charge in [-0.3, -0.25) is 0 Å². The van der Waals surface area contributed by atoms with E-state index in [-0.39, 0.29) is 11.8 Å². The monoisotopic (exact) mass is 414 g/mol. The van der Waals surface area contributed by atoms with Gasteiger partial charge in [-0.25, -0.2) is 14.2 Å². The highest BCUT2D eigenvalue weighted by Crippen LogP contribution is 2.20. The molecule has 1 saturated heterocycles. The quantitative estimate of drug-likeness (QED) is 0.649. The number of anilines is 2. The summed E-state index contributed by atoms with van der Waals surface area (Å²) in [6, 6.07) is 10.4. The Morgan fingerprint density at radius 1 is 1.07 bits per heavy atom. The first-order chi connectivity index (χ1) is 14.5. The highest BCUT2D eigenvalue weighted by Gasteiger charge is 2.18. The molecule has 1 aromatic heterocycles. The van der Waals surface area contributed by atoms with Gasteiger partial charge in [0, 0.05) is 51.2 Å². The Hall–Kier alpha value is -2.87. The van der Waals surface area contributed by atoms with Crippen LogP contribution in [0.5, 0.6) is 0 Å². The van der Waals surface area contributed by atoms with Gasteiger partial charge < -0.3 is 25.3 Å². The van der Waals surface area contributed by atoms with Crippen LogP contribution in [0.15, 0.2) is 42.6 Å². The summed E-state index contributed by atoms with van der Waals surface area (Å²) >= 11 is 0. The molecule has 0 unspecified atom stereocenters. The lowest BCUT2D eigenvalue weighted by molar-refractivity contribution is 0.240. The number of benzene rings is 1. The van der Waals surface area contributed by atoms with Crippen LogP contribution >= 0.6 is 0 Å². The van der Waals surface area contributed by atoms with E-state index in [2.05, 4.69) is 30.3 Å². The van der Waals surface area contributed by atoms with E-state index in [1.807, 2.05) is 38.4 Å². The van der Waals surface area contributed by atoms with Crippen molar-refractivity contribution in [3.8, 4) is 0 Å². The van der Waals surface area contributed by atoms with Gasteiger partial charge >= 0.3 is 6.03 Å². The van der Waals surface area contributed by atoms with E-state index in [1.54, 1.807) is 6.20 Å². The summed E-state index contributed by atoms with van der Waals surface area (Å²) in [4.78, 5) is 23.0. The maximum atomic E-state index is 13.1. The Morgan fingerprint density at radius 2 is 1.77 bits per heavy atom. The van der Waals surface area contributed by atoms with Crippen LogP contribution in [0.4, 0.5) is 20.7 Å². The van der Waals surface area contributed by atoms with E-state index in [0.29, 0.717) is 13.1 Å². The fourth-order valence-electron chi connectivity index (χ4n) is 3.43. The molecule has 30 heavy (non-hydrogen) atoms. The number of hydrogen-bond donors (Lipinski definition) is 2. The van der Waals surface area contributed by atoms with Gasteiger partial charge in [0.05, 0.1) is 0 Å². The molecule has 2 amide bonds. The number of piperazine rings is 1. The number of carbonyl (C=O) groups excluding carboxylic acids is 1. The molecule has 7 nitrogen and oxygen atoms in total. The molecule has 0 radical (unpaired) electrons. The zero-order chi connectivity index (χ0) is 21.3. The summed E-state index contributed by atoms with van der Waals surface area (Å²) in [5.74, 6) is 0.703. The highest BCUT2D eigenvalue weighted by atomic mass is 19.1. The second kappa shape index (κ2) is 10.8. The smallest absolute Gasteiger partial charge is 0.315 e. The predicted molar refractivity (Wildman–Crippen MR) is 118 cm³/mol. The largest absolute Gasteiger partial charge is 0.368 e. The highest BCUT2D eigenvalue weighted by molar-refractivity contribution is 5.73. The Balaban J connectivity index is 1.45. The van der Waals surface area contributed by atoms with Crippen LogP contribution in [0.1, 0.15) is 12.0 Å². The molecule has 2 heterocycles. The third-order valence-electron chi connectivity index (χ3n) is 5.13. The van der Waals surface area contributed by atoms with Gasteiger partial charge in [0.15, 0.2) is 0 Å². The lowest BCUT2D eigenvalue weighted by Gasteiger charge is -2.36. The normalized spacial score (nSPS) is 14.1. The number of amides is 2. The third kappa shape index (κ3) is 6.59. The molecule has 1 aliphatic heterocycles. The van der Waals surface area contributed by atoms with Crippen molar-refractivity contribution in [3.05, 3.63) is 54.0 Å². The average Bonchev–Trinajstić information content (AvgIpc) is 2.76. The van der Waals surface area contributed by atoms with Crippen molar-refractivity contribution in [2.75, 3.05) is 63.2 Å². The molecule has 0 bridgehead atoms. The molecule has 2 N–H and O–H groups in total. The van der Waals surface area contributed by atoms with E-state index < -0.39 is 0 Å². The third-order valence-corrected chi connectivity index (χ3v) is 5.13. The number of nitrogens with one attached hydrogen (secondary N) is 2. The molecule has 1 fully saturated rings. The number of rotatable bonds is 8. The second-order valence-electron chi connectivity index (χ2n) is 7.74. The van der Waals surface area contributed by atoms with Gasteiger partial charge in [-0.05, 0) is 69.0 Å². The van der Waals surface area contributed by atoms with E-state index in [0.717, 1.165) is 56.2 Å². The molecule has 3 rings (SSSR count). The molecule has 1 aliphatic rings. The van der Waals surface area contributed by atoms with Crippen molar-refractivity contribution in [1.82, 2.24) is 20.5 Å². The standard InChI is InChI=1S/C22H31FN6O/c1-27(2)11-3-9-25-22(30)26-17-18-8-10-24-21(16-18)29-14-12-28(13-15-29)20-6-4-19(23)5-7-20/h4-8,10,16H,3,9,11-15,17H2,1-2H3,(H2,25,26,30). The van der Waals surface area contributed by atoms with Crippen LogP contribution in [-0.4, -0.2) is 69.3 Å². The summed E-state index contributed by atoms with van der Waals surface area (Å²) in [5, 5.41) is 5.78. The molecule has 1 aromatic carbocycles. The summed E-state index contributed by atoms with van der Waals surface area (Å²) in [7, 11) is 4.04. The molecule has 8 heteroatoms. The van der Waals surface area contributed by atoms with Gasteiger partial charge in [-0.1, -0.05) is 0 Å². The second-order valence-corrected chi connectivity index (χ2v) is 7.74. The molecular formula is C22H31FN6O. The van der Waals surface area contributed by atoms with Gasteiger partial charge in [-0.2, -0.15) is 0 Å². The zero-order valence-corrected chi connectivity index (χ0v) is 17.8. The summed E-state index contributed by atoms with van der Waals surface area (Å²) in [6.07, 6.45) is 2.71. The predicted octanol–water partition coefficient (Wildman–Crippen LogP) is 2.30. The Morgan fingerprint density at radius 3 is 2.47 bits per heavy atom. The maximum absolute atomic E-state index is 13.1. The minimum Gasteiger partial charge on any atom is -0.368 e. The summed E-state index contributed by atoms with van der Waals surface area (Å²) < 4.78 is 13.1. The van der Waals surface area contributed by atoms with Crippen LogP contribution in [0, 0.1) is 5.82 Å². The Labute approximate surface area is 177 Å².